The molecule has 11 rings (SSSR count). The SMILES string of the molecule is Cc1ccccc1B1c2ccccc2N(c2ccccc2)c2cc3c(c(C)c21)B1c2ccccc2N(c2ccccc2)c2cccc(c21)N3c1ccccc1. The van der Waals surface area contributed by atoms with Crippen molar-refractivity contribution in [2.45, 2.75) is 13.8 Å². The lowest BCUT2D eigenvalue weighted by Gasteiger charge is -2.46. The van der Waals surface area contributed by atoms with E-state index in [0.717, 1.165) is 17.1 Å². The molecule has 0 atom stereocenters. The van der Waals surface area contributed by atoms with E-state index >= 15 is 0 Å². The van der Waals surface area contributed by atoms with Gasteiger partial charge < -0.3 is 14.7 Å². The standard InChI is InChI=1S/C50H37B2N3/c1-34-19-12-13-26-39(34)51-40-27-14-16-29-42(40)54(37-22-8-4-9-23-37)46-33-47-49(35(2)48(46)51)52-41-28-15-17-30-43(41)53(36-20-6-3-7-21-36)44-31-18-32-45(50(44)52)55(47)38-24-10-5-11-25-38/h3-33H,1-2H3. The summed E-state index contributed by atoms with van der Waals surface area (Å²) in [6, 6.07) is 69.2. The molecule has 0 saturated carbocycles. The fraction of sp³-hybridized carbons (Fsp3) is 0.0400. The van der Waals surface area contributed by atoms with Crippen LogP contribution in [0.25, 0.3) is 0 Å². The maximum Gasteiger partial charge on any atom is 0.252 e. The van der Waals surface area contributed by atoms with Gasteiger partial charge in [0.1, 0.15) is 0 Å². The van der Waals surface area contributed by atoms with Crippen LogP contribution >= 0.6 is 0 Å². The van der Waals surface area contributed by atoms with E-state index in [1.165, 1.54) is 78.0 Å². The third-order valence-corrected chi connectivity index (χ3v) is 12.0. The topological polar surface area (TPSA) is 9.72 Å². The average Bonchev–Trinajstić information content (AvgIpc) is 3.24. The lowest BCUT2D eigenvalue weighted by Crippen LogP contribution is -2.65. The molecule has 258 valence electrons. The van der Waals surface area contributed by atoms with Gasteiger partial charge in [-0.15, -0.1) is 0 Å². The van der Waals surface area contributed by atoms with Crippen LogP contribution in [0.1, 0.15) is 11.1 Å². The lowest BCUT2D eigenvalue weighted by atomic mass is 9.29. The Bertz CT molecular complexity index is 2770. The third kappa shape index (κ3) is 4.66. The first-order valence-electron chi connectivity index (χ1n) is 19.3. The van der Waals surface area contributed by atoms with Gasteiger partial charge in [-0.3, -0.25) is 0 Å². The zero-order valence-electron chi connectivity index (χ0n) is 30.9. The Morgan fingerprint density at radius 1 is 0.309 bits per heavy atom. The van der Waals surface area contributed by atoms with Crippen LogP contribution in [0.5, 0.6) is 0 Å². The molecule has 3 nitrogen and oxygen atoms in total. The maximum absolute atomic E-state index is 2.53. The molecule has 0 bridgehead atoms. The van der Waals surface area contributed by atoms with Gasteiger partial charge in [0.25, 0.3) is 6.71 Å². The molecule has 8 aromatic carbocycles. The molecule has 3 aliphatic rings. The van der Waals surface area contributed by atoms with Gasteiger partial charge in [0.2, 0.25) is 6.71 Å². The highest BCUT2D eigenvalue weighted by Crippen LogP contribution is 2.46. The molecule has 3 aliphatic heterocycles. The molecule has 55 heavy (non-hydrogen) atoms. The number of hydrogen-bond donors (Lipinski definition) is 0. The average molecular weight is 701 g/mol. The molecule has 0 aliphatic carbocycles. The summed E-state index contributed by atoms with van der Waals surface area (Å²) >= 11 is 0. The molecule has 0 unspecified atom stereocenters. The Labute approximate surface area is 323 Å². The largest absolute Gasteiger partial charge is 0.311 e. The van der Waals surface area contributed by atoms with E-state index in [4.69, 9.17) is 0 Å². The normalized spacial score (nSPS) is 13.5. The lowest BCUT2D eigenvalue weighted by molar-refractivity contribution is 1.23. The molecular formula is C50H37B2N3. The molecule has 3 heterocycles. The minimum Gasteiger partial charge on any atom is -0.311 e. The monoisotopic (exact) mass is 701 g/mol. The second-order valence-electron chi connectivity index (χ2n) is 14.9. The van der Waals surface area contributed by atoms with Crippen molar-refractivity contribution in [3.05, 3.63) is 199 Å². The van der Waals surface area contributed by atoms with Crippen molar-refractivity contribution >= 4 is 97.4 Å². The van der Waals surface area contributed by atoms with E-state index < -0.39 is 0 Å². The van der Waals surface area contributed by atoms with Crippen molar-refractivity contribution in [3.63, 3.8) is 0 Å². The summed E-state index contributed by atoms with van der Waals surface area (Å²) in [6.07, 6.45) is 0. The number of rotatable bonds is 4. The van der Waals surface area contributed by atoms with Gasteiger partial charge in [-0.05, 0) is 108 Å². The van der Waals surface area contributed by atoms with Crippen molar-refractivity contribution in [2.24, 2.45) is 0 Å². The fourth-order valence-electron chi connectivity index (χ4n) is 9.81. The van der Waals surface area contributed by atoms with Crippen molar-refractivity contribution < 1.29 is 0 Å². The second-order valence-corrected chi connectivity index (χ2v) is 14.9. The summed E-state index contributed by atoms with van der Waals surface area (Å²) < 4.78 is 0. The summed E-state index contributed by atoms with van der Waals surface area (Å²) in [7, 11) is 0. The number of aryl methyl sites for hydroxylation is 1. The van der Waals surface area contributed by atoms with E-state index in [1.54, 1.807) is 0 Å². The Balaban J connectivity index is 1.28. The number of para-hydroxylation sites is 5. The van der Waals surface area contributed by atoms with Crippen molar-refractivity contribution in [1.82, 2.24) is 0 Å². The van der Waals surface area contributed by atoms with Gasteiger partial charge in [0, 0.05) is 51.2 Å². The molecular weight excluding hydrogens is 664 g/mol. The quantitative estimate of drug-likeness (QED) is 0.170. The summed E-state index contributed by atoms with van der Waals surface area (Å²) in [5, 5.41) is 0. The maximum atomic E-state index is 2.53. The number of fused-ring (bicyclic) bond motifs is 6. The van der Waals surface area contributed by atoms with Gasteiger partial charge in [0.05, 0.1) is 0 Å². The summed E-state index contributed by atoms with van der Waals surface area (Å²) in [5.41, 5.74) is 21.5. The van der Waals surface area contributed by atoms with Crippen LogP contribution in [0, 0.1) is 13.8 Å². The first-order chi connectivity index (χ1) is 27.2. The summed E-state index contributed by atoms with van der Waals surface area (Å²) in [4.78, 5) is 7.51. The van der Waals surface area contributed by atoms with E-state index in [0.29, 0.717) is 0 Å². The number of anilines is 9. The molecule has 0 amide bonds. The predicted molar refractivity (Wildman–Crippen MR) is 236 cm³/mol. The third-order valence-electron chi connectivity index (χ3n) is 12.0. The Morgan fingerprint density at radius 2 is 0.691 bits per heavy atom. The van der Waals surface area contributed by atoms with Crippen LogP contribution in [0.2, 0.25) is 0 Å². The second kappa shape index (κ2) is 12.4. The van der Waals surface area contributed by atoms with Gasteiger partial charge in [0.15, 0.2) is 0 Å². The van der Waals surface area contributed by atoms with Crippen LogP contribution < -0.4 is 47.5 Å². The Kier molecular flexibility index (Phi) is 7.18. The summed E-state index contributed by atoms with van der Waals surface area (Å²) in [5.74, 6) is 0. The number of benzene rings is 8. The summed E-state index contributed by atoms with van der Waals surface area (Å²) in [6.45, 7) is 4.76. The Morgan fingerprint density at radius 3 is 1.22 bits per heavy atom. The first kappa shape index (κ1) is 31.8. The molecule has 0 radical (unpaired) electrons. The molecule has 0 saturated heterocycles. The van der Waals surface area contributed by atoms with E-state index in [2.05, 4.69) is 217 Å². The van der Waals surface area contributed by atoms with Crippen LogP contribution in [-0.2, 0) is 0 Å². The number of hydrogen-bond acceptors (Lipinski definition) is 3. The van der Waals surface area contributed by atoms with Crippen molar-refractivity contribution in [1.29, 1.82) is 0 Å². The minimum absolute atomic E-state index is 0.0301. The smallest absolute Gasteiger partial charge is 0.252 e. The molecule has 8 aromatic rings. The van der Waals surface area contributed by atoms with Gasteiger partial charge in [-0.2, -0.15) is 0 Å². The molecule has 5 heteroatoms. The van der Waals surface area contributed by atoms with Crippen LogP contribution in [0.3, 0.4) is 0 Å². The zero-order chi connectivity index (χ0) is 36.6. The van der Waals surface area contributed by atoms with Crippen LogP contribution in [0.15, 0.2) is 188 Å². The van der Waals surface area contributed by atoms with Gasteiger partial charge in [-0.25, -0.2) is 0 Å². The van der Waals surface area contributed by atoms with E-state index in [1.807, 2.05) is 0 Å². The fourth-order valence-corrected chi connectivity index (χ4v) is 9.81. The molecule has 0 spiro atoms. The number of nitrogens with zero attached hydrogens (tertiary/aromatic N) is 3. The highest BCUT2D eigenvalue weighted by Gasteiger charge is 2.47. The predicted octanol–water partition coefficient (Wildman–Crippen LogP) is 8.69. The minimum atomic E-state index is 0.0301. The van der Waals surface area contributed by atoms with E-state index in [9.17, 15) is 0 Å². The van der Waals surface area contributed by atoms with Gasteiger partial charge >= 0.3 is 0 Å². The molecule has 0 fully saturated rings. The highest BCUT2D eigenvalue weighted by molar-refractivity contribution is 7.02. The van der Waals surface area contributed by atoms with Crippen LogP contribution in [-0.4, -0.2) is 13.4 Å². The van der Waals surface area contributed by atoms with Crippen LogP contribution in [0.4, 0.5) is 51.2 Å². The Hall–Kier alpha value is -6.71. The van der Waals surface area contributed by atoms with Gasteiger partial charge in [-0.1, -0.05) is 138 Å². The van der Waals surface area contributed by atoms with Crippen molar-refractivity contribution in [3.8, 4) is 0 Å². The zero-order valence-corrected chi connectivity index (χ0v) is 30.9. The molecule has 0 N–H and O–H groups in total. The first-order valence-corrected chi connectivity index (χ1v) is 19.3. The molecule has 0 aromatic heterocycles. The highest BCUT2D eigenvalue weighted by atomic mass is 15.2. The van der Waals surface area contributed by atoms with Crippen molar-refractivity contribution in [2.75, 3.05) is 14.7 Å². The van der Waals surface area contributed by atoms with E-state index in [-0.39, 0.29) is 13.4 Å².